The van der Waals surface area contributed by atoms with Gasteiger partial charge in [-0.25, -0.2) is 14.2 Å². The minimum absolute atomic E-state index is 0.223. The second-order valence-corrected chi connectivity index (χ2v) is 7.21. The lowest BCUT2D eigenvalue weighted by Gasteiger charge is -2.12. The molecule has 0 amide bonds. The van der Waals surface area contributed by atoms with Crippen LogP contribution >= 0.6 is 0 Å². The van der Waals surface area contributed by atoms with Gasteiger partial charge in [0.1, 0.15) is 11.6 Å². The minimum atomic E-state index is -5.08. The van der Waals surface area contributed by atoms with E-state index in [1.807, 2.05) is 24.5 Å². The van der Waals surface area contributed by atoms with Gasteiger partial charge in [-0.15, -0.1) is 0 Å². The number of halogens is 4. The Labute approximate surface area is 189 Å². The molecule has 3 aromatic rings. The van der Waals surface area contributed by atoms with Crippen LogP contribution < -0.4 is 4.74 Å². The van der Waals surface area contributed by atoms with Gasteiger partial charge in [0.05, 0.1) is 19.1 Å². The molecule has 0 saturated carbocycles. The first-order chi connectivity index (χ1) is 15.7. The highest BCUT2D eigenvalue weighted by molar-refractivity contribution is 5.73. The first-order valence-corrected chi connectivity index (χ1v) is 10.4. The van der Waals surface area contributed by atoms with Crippen LogP contribution in [-0.4, -0.2) is 33.9 Å². The van der Waals surface area contributed by atoms with Crippen molar-refractivity contribution in [3.05, 3.63) is 71.9 Å². The molecular weight excluding hydrogens is 440 g/mol. The van der Waals surface area contributed by atoms with Gasteiger partial charge >= 0.3 is 12.1 Å². The summed E-state index contributed by atoms with van der Waals surface area (Å²) in [6.45, 7) is 3.03. The van der Waals surface area contributed by atoms with Crippen molar-refractivity contribution in [2.75, 3.05) is 7.11 Å². The van der Waals surface area contributed by atoms with Crippen molar-refractivity contribution in [1.29, 1.82) is 0 Å². The standard InChI is InChI=1S/C22H25FN2O.C2HF3O2/c1-3-4-8-20-22(18-10-12-19(23)13-11-18)24-16-25(20)15-14-17-7-5-6-9-21(17)26-2;3-2(4,5)1(6)7/h5-7,9-13,16H,3-4,8,14-15H2,1-2H3;(H,6,7). The molecule has 0 fully saturated rings. The van der Waals surface area contributed by atoms with Gasteiger partial charge in [0.2, 0.25) is 0 Å². The van der Waals surface area contributed by atoms with Crippen LogP contribution in [-0.2, 0) is 24.2 Å². The number of nitrogens with zero attached hydrogens (tertiary/aromatic N) is 2. The van der Waals surface area contributed by atoms with Crippen molar-refractivity contribution in [1.82, 2.24) is 9.55 Å². The molecule has 0 unspecified atom stereocenters. The number of benzene rings is 2. The average molecular weight is 466 g/mol. The predicted octanol–water partition coefficient (Wildman–Crippen LogP) is 5.92. The van der Waals surface area contributed by atoms with E-state index >= 15 is 0 Å². The van der Waals surface area contributed by atoms with Crippen molar-refractivity contribution in [3.8, 4) is 17.0 Å². The number of rotatable bonds is 8. The van der Waals surface area contributed by atoms with Crippen LogP contribution in [0, 0.1) is 5.82 Å². The Morgan fingerprint density at radius 1 is 1.09 bits per heavy atom. The van der Waals surface area contributed by atoms with E-state index in [1.54, 1.807) is 19.2 Å². The smallest absolute Gasteiger partial charge is 0.490 e. The molecule has 0 spiro atoms. The Kier molecular flexibility index (Phi) is 9.44. The molecule has 0 aliphatic rings. The molecule has 178 valence electrons. The quantitative estimate of drug-likeness (QED) is 0.419. The first kappa shape index (κ1) is 25.9. The van der Waals surface area contributed by atoms with Crippen LogP contribution in [0.3, 0.4) is 0 Å². The zero-order valence-electron chi connectivity index (χ0n) is 18.4. The highest BCUT2D eigenvalue weighted by Gasteiger charge is 2.38. The third-order valence-corrected chi connectivity index (χ3v) is 4.89. The fourth-order valence-corrected chi connectivity index (χ4v) is 3.21. The summed E-state index contributed by atoms with van der Waals surface area (Å²) in [6.07, 6.45) is 0.895. The molecule has 3 rings (SSSR count). The molecule has 9 heteroatoms. The van der Waals surface area contributed by atoms with E-state index in [-0.39, 0.29) is 5.82 Å². The second kappa shape index (κ2) is 12.0. The van der Waals surface area contributed by atoms with E-state index in [0.29, 0.717) is 0 Å². The number of carboxylic acids is 1. The van der Waals surface area contributed by atoms with E-state index in [0.717, 1.165) is 49.2 Å². The fourth-order valence-electron chi connectivity index (χ4n) is 3.21. The number of carboxylic acid groups (broad SMARTS) is 1. The Morgan fingerprint density at radius 2 is 1.73 bits per heavy atom. The molecule has 5 nitrogen and oxygen atoms in total. The number of imidazole rings is 1. The van der Waals surface area contributed by atoms with Crippen LogP contribution in [0.1, 0.15) is 31.0 Å². The van der Waals surface area contributed by atoms with Crippen LogP contribution in [0.25, 0.3) is 11.3 Å². The number of aryl methyl sites for hydroxylation is 2. The van der Waals surface area contributed by atoms with Crippen LogP contribution in [0.4, 0.5) is 17.6 Å². The molecule has 0 aliphatic heterocycles. The third-order valence-electron chi connectivity index (χ3n) is 4.89. The summed E-state index contributed by atoms with van der Waals surface area (Å²) in [5, 5.41) is 7.12. The number of hydrogen-bond acceptors (Lipinski definition) is 3. The lowest BCUT2D eigenvalue weighted by atomic mass is 10.1. The summed E-state index contributed by atoms with van der Waals surface area (Å²) >= 11 is 0. The SMILES string of the molecule is CCCCc1c(-c2ccc(F)cc2)ncn1CCc1ccccc1OC.O=C(O)C(F)(F)F. The minimum Gasteiger partial charge on any atom is -0.496 e. The average Bonchev–Trinajstić information content (AvgIpc) is 3.19. The lowest BCUT2D eigenvalue weighted by molar-refractivity contribution is -0.192. The Hall–Kier alpha value is -3.36. The molecule has 1 heterocycles. The number of carbonyl (C=O) groups is 1. The summed E-state index contributed by atoms with van der Waals surface area (Å²) in [7, 11) is 1.70. The maximum absolute atomic E-state index is 13.3. The molecule has 1 N–H and O–H groups in total. The highest BCUT2D eigenvalue weighted by Crippen LogP contribution is 2.25. The predicted molar refractivity (Wildman–Crippen MR) is 117 cm³/mol. The monoisotopic (exact) mass is 466 g/mol. The van der Waals surface area contributed by atoms with Crippen LogP contribution in [0.5, 0.6) is 5.75 Å². The number of aliphatic carboxylic acids is 1. The van der Waals surface area contributed by atoms with Gasteiger partial charge < -0.3 is 14.4 Å². The first-order valence-electron chi connectivity index (χ1n) is 10.4. The van der Waals surface area contributed by atoms with E-state index in [4.69, 9.17) is 14.6 Å². The van der Waals surface area contributed by atoms with Gasteiger partial charge in [0.25, 0.3) is 0 Å². The zero-order valence-corrected chi connectivity index (χ0v) is 18.4. The molecule has 1 aromatic heterocycles. The van der Waals surface area contributed by atoms with Gasteiger partial charge in [-0.2, -0.15) is 13.2 Å². The molecule has 0 radical (unpaired) electrons. The van der Waals surface area contributed by atoms with Crippen LogP contribution in [0.15, 0.2) is 54.9 Å². The summed E-state index contributed by atoms with van der Waals surface area (Å²) in [5.74, 6) is -2.06. The fraction of sp³-hybridized carbons (Fsp3) is 0.333. The van der Waals surface area contributed by atoms with Gasteiger partial charge in [-0.3, -0.25) is 0 Å². The number of para-hydroxylation sites is 1. The Morgan fingerprint density at radius 3 is 2.30 bits per heavy atom. The highest BCUT2D eigenvalue weighted by atomic mass is 19.4. The van der Waals surface area contributed by atoms with Gasteiger partial charge in [0, 0.05) is 17.8 Å². The number of unbranched alkanes of at least 4 members (excludes halogenated alkanes) is 1. The summed E-state index contributed by atoms with van der Waals surface area (Å²) in [5.41, 5.74) is 4.33. The van der Waals surface area contributed by atoms with E-state index in [2.05, 4.69) is 22.5 Å². The molecule has 33 heavy (non-hydrogen) atoms. The van der Waals surface area contributed by atoms with Crippen molar-refractivity contribution >= 4 is 5.97 Å². The number of aromatic nitrogens is 2. The number of alkyl halides is 3. The van der Waals surface area contributed by atoms with Crippen molar-refractivity contribution < 1.29 is 32.2 Å². The van der Waals surface area contributed by atoms with E-state index in [1.165, 1.54) is 23.4 Å². The van der Waals surface area contributed by atoms with Crippen molar-refractivity contribution in [3.63, 3.8) is 0 Å². The summed E-state index contributed by atoms with van der Waals surface area (Å²) in [4.78, 5) is 13.5. The number of ether oxygens (including phenoxy) is 1. The molecule has 0 aliphatic carbocycles. The normalized spacial score (nSPS) is 11.0. The third kappa shape index (κ3) is 7.62. The topological polar surface area (TPSA) is 64.4 Å². The number of hydrogen-bond donors (Lipinski definition) is 1. The van der Waals surface area contributed by atoms with E-state index in [9.17, 15) is 17.6 Å². The largest absolute Gasteiger partial charge is 0.496 e. The van der Waals surface area contributed by atoms with Gasteiger partial charge in [0.15, 0.2) is 0 Å². The maximum Gasteiger partial charge on any atom is 0.490 e. The van der Waals surface area contributed by atoms with Crippen molar-refractivity contribution in [2.24, 2.45) is 0 Å². The molecule has 0 atom stereocenters. The Balaban J connectivity index is 0.000000479. The van der Waals surface area contributed by atoms with Crippen molar-refractivity contribution in [2.45, 2.75) is 45.3 Å². The van der Waals surface area contributed by atoms with Gasteiger partial charge in [-0.05, 0) is 55.2 Å². The Bertz CT molecular complexity index is 1030. The molecule has 0 bridgehead atoms. The number of methoxy groups -OCH3 is 1. The molecular formula is C24H26F4N2O3. The summed E-state index contributed by atoms with van der Waals surface area (Å²) < 4.78 is 52.7. The lowest BCUT2D eigenvalue weighted by Crippen LogP contribution is -2.21. The second-order valence-electron chi connectivity index (χ2n) is 7.21. The zero-order chi connectivity index (χ0) is 24.4. The summed E-state index contributed by atoms with van der Waals surface area (Å²) in [6, 6.07) is 14.7. The maximum atomic E-state index is 13.3. The van der Waals surface area contributed by atoms with Gasteiger partial charge in [-0.1, -0.05) is 31.5 Å². The van der Waals surface area contributed by atoms with Crippen LogP contribution in [0.2, 0.25) is 0 Å². The molecule has 2 aromatic carbocycles. The molecule has 0 saturated heterocycles. The van der Waals surface area contributed by atoms with E-state index < -0.39 is 12.1 Å².